The van der Waals surface area contributed by atoms with Crippen LogP contribution in [-0.2, 0) is 14.3 Å². The van der Waals surface area contributed by atoms with E-state index in [1.54, 1.807) is 0 Å². The van der Waals surface area contributed by atoms with Crippen molar-refractivity contribution in [1.82, 2.24) is 10.6 Å². The van der Waals surface area contributed by atoms with Crippen molar-refractivity contribution >= 4 is 18.0 Å². The maximum Gasteiger partial charge on any atom is 0.407 e. The Hall–Kier alpha value is -3.35. The number of fused-ring (bicyclic) bond motifs is 3. The second-order valence-corrected chi connectivity index (χ2v) is 9.84. The molecule has 35 heavy (non-hydrogen) atoms. The molecular formula is C28H36N2O5. The van der Waals surface area contributed by atoms with Gasteiger partial charge in [0.2, 0.25) is 5.91 Å². The average molecular weight is 481 g/mol. The molecule has 0 saturated heterocycles. The van der Waals surface area contributed by atoms with Gasteiger partial charge in [0.25, 0.3) is 0 Å². The number of benzene rings is 2. The van der Waals surface area contributed by atoms with Crippen LogP contribution in [0.15, 0.2) is 48.5 Å². The molecule has 1 aliphatic carbocycles. The summed E-state index contributed by atoms with van der Waals surface area (Å²) in [5, 5.41) is 14.8. The number of alkyl carbamates (subject to hydrolysis) is 1. The molecule has 0 fully saturated rings. The van der Waals surface area contributed by atoms with Crippen LogP contribution in [0.3, 0.4) is 0 Å². The quantitative estimate of drug-likeness (QED) is 0.386. The fourth-order valence-corrected chi connectivity index (χ4v) is 4.59. The smallest absolute Gasteiger partial charge is 0.407 e. The molecule has 1 unspecified atom stereocenters. The van der Waals surface area contributed by atoms with Gasteiger partial charge in [-0.2, -0.15) is 0 Å². The maximum absolute atomic E-state index is 12.6. The molecule has 0 aromatic heterocycles. The highest BCUT2D eigenvalue weighted by Crippen LogP contribution is 2.44. The Bertz CT molecular complexity index is 1000. The molecular weight excluding hydrogens is 444 g/mol. The van der Waals surface area contributed by atoms with E-state index >= 15 is 0 Å². The van der Waals surface area contributed by atoms with Gasteiger partial charge >= 0.3 is 12.1 Å². The predicted molar refractivity (Wildman–Crippen MR) is 135 cm³/mol. The van der Waals surface area contributed by atoms with Crippen LogP contribution in [0.4, 0.5) is 4.79 Å². The van der Waals surface area contributed by atoms with E-state index in [9.17, 15) is 14.4 Å². The van der Waals surface area contributed by atoms with Crippen LogP contribution in [0.5, 0.6) is 0 Å². The fraction of sp³-hybridized carbons (Fsp3) is 0.464. The second-order valence-electron chi connectivity index (χ2n) is 9.84. The van der Waals surface area contributed by atoms with Gasteiger partial charge in [0, 0.05) is 23.9 Å². The molecule has 0 bridgehead atoms. The number of nitrogens with one attached hydrogen (secondary N) is 2. The van der Waals surface area contributed by atoms with Crippen molar-refractivity contribution in [3.63, 3.8) is 0 Å². The third-order valence-electron chi connectivity index (χ3n) is 6.45. The molecule has 188 valence electrons. The fourth-order valence-electron chi connectivity index (χ4n) is 4.59. The molecule has 0 aliphatic heterocycles. The van der Waals surface area contributed by atoms with E-state index in [-0.39, 0.29) is 37.3 Å². The average Bonchev–Trinajstić information content (AvgIpc) is 3.13. The minimum absolute atomic E-state index is 0.0173. The van der Waals surface area contributed by atoms with Crippen molar-refractivity contribution < 1.29 is 24.2 Å². The summed E-state index contributed by atoms with van der Waals surface area (Å²) in [5.41, 5.74) is 3.98. The number of hydrogen-bond donors (Lipinski definition) is 3. The van der Waals surface area contributed by atoms with Gasteiger partial charge in [0.15, 0.2) is 0 Å². The molecule has 0 heterocycles. The van der Waals surface area contributed by atoms with Gasteiger partial charge in [-0.25, -0.2) is 4.79 Å². The van der Waals surface area contributed by atoms with Crippen LogP contribution >= 0.6 is 0 Å². The van der Waals surface area contributed by atoms with E-state index in [4.69, 9.17) is 9.84 Å². The van der Waals surface area contributed by atoms with Gasteiger partial charge in [0.05, 0.1) is 6.42 Å². The first-order valence-corrected chi connectivity index (χ1v) is 12.3. The van der Waals surface area contributed by atoms with Gasteiger partial charge in [-0.05, 0) is 48.9 Å². The van der Waals surface area contributed by atoms with Gasteiger partial charge in [-0.3, -0.25) is 9.59 Å². The number of ether oxygens (including phenoxy) is 1. The van der Waals surface area contributed by atoms with Gasteiger partial charge < -0.3 is 20.5 Å². The second kappa shape index (κ2) is 11.9. The Morgan fingerprint density at radius 1 is 1.03 bits per heavy atom. The largest absolute Gasteiger partial charge is 0.481 e. The lowest BCUT2D eigenvalue weighted by atomic mass is 9.97. The Kier molecular flexibility index (Phi) is 8.90. The minimum atomic E-state index is -0.927. The first-order chi connectivity index (χ1) is 16.7. The minimum Gasteiger partial charge on any atom is -0.481 e. The van der Waals surface area contributed by atoms with Crippen LogP contribution in [0, 0.1) is 0 Å². The van der Waals surface area contributed by atoms with Gasteiger partial charge in [-0.1, -0.05) is 68.3 Å². The summed E-state index contributed by atoms with van der Waals surface area (Å²) in [4.78, 5) is 36.1. The highest BCUT2D eigenvalue weighted by Gasteiger charge is 2.30. The van der Waals surface area contributed by atoms with E-state index < -0.39 is 17.6 Å². The summed E-state index contributed by atoms with van der Waals surface area (Å²) >= 11 is 0. The zero-order valence-corrected chi connectivity index (χ0v) is 20.8. The number of aliphatic carboxylic acids is 1. The molecule has 0 spiro atoms. The number of amides is 2. The molecule has 7 heteroatoms. The Balaban J connectivity index is 1.50. The van der Waals surface area contributed by atoms with Crippen LogP contribution in [0.2, 0.25) is 0 Å². The van der Waals surface area contributed by atoms with Crippen LogP contribution in [0.25, 0.3) is 11.1 Å². The van der Waals surface area contributed by atoms with Gasteiger partial charge in [0.1, 0.15) is 6.61 Å². The maximum atomic E-state index is 12.6. The molecule has 2 aromatic rings. The number of carboxylic acid groups (broad SMARTS) is 1. The van der Waals surface area contributed by atoms with Crippen molar-refractivity contribution in [3.8, 4) is 11.1 Å². The van der Waals surface area contributed by atoms with Crippen molar-refractivity contribution in [2.75, 3.05) is 6.61 Å². The molecule has 1 atom stereocenters. The van der Waals surface area contributed by atoms with E-state index in [1.165, 1.54) is 11.1 Å². The highest BCUT2D eigenvalue weighted by atomic mass is 16.5. The summed E-state index contributed by atoms with van der Waals surface area (Å²) in [6, 6.07) is 16.0. The topological polar surface area (TPSA) is 105 Å². The third-order valence-corrected chi connectivity index (χ3v) is 6.45. The molecule has 0 saturated carbocycles. The molecule has 7 nitrogen and oxygen atoms in total. The van der Waals surface area contributed by atoms with E-state index in [0.717, 1.165) is 24.0 Å². The molecule has 3 rings (SSSR count). The van der Waals surface area contributed by atoms with E-state index in [0.29, 0.717) is 12.8 Å². The monoisotopic (exact) mass is 480 g/mol. The zero-order valence-electron chi connectivity index (χ0n) is 20.8. The molecule has 3 N–H and O–H groups in total. The normalized spacial score (nSPS) is 13.5. The zero-order chi connectivity index (χ0) is 25.4. The van der Waals surface area contributed by atoms with Crippen molar-refractivity contribution in [3.05, 3.63) is 59.7 Å². The Labute approximate surface area is 207 Å². The summed E-state index contributed by atoms with van der Waals surface area (Å²) in [5.74, 6) is -1.16. The van der Waals surface area contributed by atoms with E-state index in [2.05, 4.69) is 34.9 Å². The number of hydrogen-bond acceptors (Lipinski definition) is 4. The lowest BCUT2D eigenvalue weighted by Gasteiger charge is -2.26. The van der Waals surface area contributed by atoms with Gasteiger partial charge in [-0.15, -0.1) is 0 Å². The lowest BCUT2D eigenvalue weighted by Crippen LogP contribution is -2.45. The number of carboxylic acids is 1. The molecule has 2 amide bonds. The summed E-state index contributed by atoms with van der Waals surface area (Å²) < 4.78 is 5.62. The van der Waals surface area contributed by atoms with E-state index in [1.807, 2.05) is 45.0 Å². The van der Waals surface area contributed by atoms with Crippen molar-refractivity contribution in [1.29, 1.82) is 0 Å². The predicted octanol–water partition coefficient (Wildman–Crippen LogP) is 5.23. The highest BCUT2D eigenvalue weighted by molar-refractivity contribution is 5.79. The SMILES string of the molecule is CCCCC(CC(=O)O)NC(=O)CCC(C)(C)NC(=O)OCC1c2ccccc2-c2ccccc21. The number of carbonyl (C=O) groups excluding carboxylic acids is 2. The molecule has 0 radical (unpaired) electrons. The lowest BCUT2D eigenvalue weighted by molar-refractivity contribution is -0.137. The first-order valence-electron chi connectivity index (χ1n) is 12.3. The summed E-state index contributed by atoms with van der Waals surface area (Å²) in [6.07, 6.45) is 2.39. The standard InChI is InChI=1S/C28H36N2O5/c1-4-5-10-19(17-26(32)33)29-25(31)15-16-28(2,3)30-27(34)35-18-24-22-13-8-6-11-20(22)21-12-7-9-14-23(21)24/h6-9,11-14,19,24H,4-5,10,15-18H2,1-3H3,(H,29,31)(H,30,34)(H,32,33). The first kappa shape index (κ1) is 26.3. The van der Waals surface area contributed by atoms with Crippen LogP contribution < -0.4 is 10.6 Å². The van der Waals surface area contributed by atoms with Crippen molar-refractivity contribution in [2.24, 2.45) is 0 Å². The number of unbranched alkanes of at least 4 members (excludes halogenated alkanes) is 1. The molecule has 1 aliphatic rings. The van der Waals surface area contributed by atoms with Crippen molar-refractivity contribution in [2.45, 2.75) is 76.8 Å². The Morgan fingerprint density at radius 3 is 2.20 bits per heavy atom. The Morgan fingerprint density at radius 2 is 1.63 bits per heavy atom. The summed E-state index contributed by atoms with van der Waals surface area (Å²) in [6.45, 7) is 5.93. The summed E-state index contributed by atoms with van der Waals surface area (Å²) in [7, 11) is 0. The third kappa shape index (κ3) is 7.31. The van der Waals surface area contributed by atoms with Crippen LogP contribution in [0.1, 0.15) is 76.3 Å². The number of rotatable bonds is 12. The molecule has 2 aromatic carbocycles. The number of carbonyl (C=O) groups is 3. The van der Waals surface area contributed by atoms with Crippen LogP contribution in [-0.4, -0.2) is 41.3 Å².